The van der Waals surface area contributed by atoms with Crippen molar-refractivity contribution in [3.63, 3.8) is 0 Å². The SMILES string of the molecule is CCOc1nc(-c2ccccc2F)n(-c2ccc(NC(=O)c3ccc4ccccc4c3)cc2)n1. The third-order valence-electron chi connectivity index (χ3n) is 5.36. The zero-order valence-electron chi connectivity index (χ0n) is 18.4. The van der Waals surface area contributed by atoms with Crippen LogP contribution in [0.5, 0.6) is 6.01 Å². The molecular formula is C27H21FN4O2. The minimum atomic E-state index is -0.404. The predicted molar refractivity (Wildman–Crippen MR) is 130 cm³/mol. The summed E-state index contributed by atoms with van der Waals surface area (Å²) in [6.45, 7) is 2.22. The molecule has 0 fully saturated rings. The maximum atomic E-state index is 14.5. The Morgan fingerprint density at radius 1 is 0.941 bits per heavy atom. The molecule has 1 heterocycles. The molecule has 0 radical (unpaired) electrons. The van der Waals surface area contributed by atoms with Gasteiger partial charge in [0.2, 0.25) is 0 Å². The highest BCUT2D eigenvalue weighted by Crippen LogP contribution is 2.26. The van der Waals surface area contributed by atoms with E-state index in [2.05, 4.69) is 15.4 Å². The molecule has 1 aromatic heterocycles. The van der Waals surface area contributed by atoms with Crippen LogP contribution in [0.2, 0.25) is 0 Å². The zero-order chi connectivity index (χ0) is 23.5. The molecule has 0 aliphatic rings. The monoisotopic (exact) mass is 452 g/mol. The van der Waals surface area contributed by atoms with E-state index in [1.165, 1.54) is 10.7 Å². The predicted octanol–water partition coefficient (Wildman–Crippen LogP) is 5.88. The Labute approximate surface area is 195 Å². The second-order valence-electron chi connectivity index (χ2n) is 7.61. The van der Waals surface area contributed by atoms with Crippen molar-refractivity contribution < 1.29 is 13.9 Å². The van der Waals surface area contributed by atoms with Crippen LogP contribution in [0.15, 0.2) is 91.0 Å². The molecule has 1 amide bonds. The number of rotatable bonds is 6. The van der Waals surface area contributed by atoms with Gasteiger partial charge in [-0.05, 0) is 66.2 Å². The van der Waals surface area contributed by atoms with Crippen LogP contribution in [0, 0.1) is 5.82 Å². The lowest BCUT2D eigenvalue weighted by atomic mass is 10.1. The Kier molecular flexibility index (Phi) is 5.74. The number of nitrogens with one attached hydrogen (secondary N) is 1. The van der Waals surface area contributed by atoms with Gasteiger partial charge in [0.05, 0.1) is 17.9 Å². The van der Waals surface area contributed by atoms with E-state index in [4.69, 9.17) is 4.74 Å². The molecule has 7 heteroatoms. The average molecular weight is 452 g/mol. The lowest BCUT2D eigenvalue weighted by Crippen LogP contribution is -2.12. The molecule has 0 spiro atoms. The number of amides is 1. The van der Waals surface area contributed by atoms with Crippen LogP contribution >= 0.6 is 0 Å². The molecule has 0 aliphatic carbocycles. The first-order valence-electron chi connectivity index (χ1n) is 10.9. The highest BCUT2D eigenvalue weighted by molar-refractivity contribution is 6.06. The van der Waals surface area contributed by atoms with Crippen LogP contribution in [0.1, 0.15) is 17.3 Å². The molecule has 6 nitrogen and oxygen atoms in total. The van der Waals surface area contributed by atoms with E-state index in [1.807, 2.05) is 43.3 Å². The first-order chi connectivity index (χ1) is 16.6. The van der Waals surface area contributed by atoms with Gasteiger partial charge in [-0.1, -0.05) is 42.5 Å². The Morgan fingerprint density at radius 3 is 2.44 bits per heavy atom. The first kappa shape index (κ1) is 21.3. The number of halogens is 1. The topological polar surface area (TPSA) is 69.0 Å². The van der Waals surface area contributed by atoms with E-state index in [0.717, 1.165) is 10.8 Å². The summed E-state index contributed by atoms with van der Waals surface area (Å²) >= 11 is 0. The van der Waals surface area contributed by atoms with Crippen molar-refractivity contribution in [2.24, 2.45) is 0 Å². The van der Waals surface area contributed by atoms with Crippen molar-refractivity contribution in [1.29, 1.82) is 0 Å². The second-order valence-corrected chi connectivity index (χ2v) is 7.61. The molecule has 5 aromatic rings. The molecule has 4 aromatic carbocycles. The number of aromatic nitrogens is 3. The van der Waals surface area contributed by atoms with Gasteiger partial charge >= 0.3 is 6.01 Å². The molecule has 168 valence electrons. The van der Waals surface area contributed by atoms with Crippen molar-refractivity contribution in [3.05, 3.63) is 102 Å². The number of nitrogens with zero attached hydrogens (tertiary/aromatic N) is 3. The van der Waals surface area contributed by atoms with Gasteiger partial charge in [0.15, 0.2) is 5.82 Å². The zero-order valence-corrected chi connectivity index (χ0v) is 18.4. The number of hydrogen-bond acceptors (Lipinski definition) is 4. The number of ether oxygens (including phenoxy) is 1. The summed E-state index contributed by atoms with van der Waals surface area (Å²) < 4.78 is 21.4. The van der Waals surface area contributed by atoms with E-state index in [0.29, 0.717) is 34.9 Å². The highest BCUT2D eigenvalue weighted by Gasteiger charge is 2.17. The van der Waals surface area contributed by atoms with Crippen LogP contribution < -0.4 is 10.1 Å². The third-order valence-corrected chi connectivity index (χ3v) is 5.36. The molecule has 0 saturated heterocycles. The number of benzene rings is 4. The van der Waals surface area contributed by atoms with Crippen LogP contribution in [0.25, 0.3) is 27.8 Å². The van der Waals surface area contributed by atoms with E-state index in [1.54, 1.807) is 48.5 Å². The first-order valence-corrected chi connectivity index (χ1v) is 10.9. The molecule has 5 rings (SSSR count). The molecule has 1 N–H and O–H groups in total. The number of carbonyl (C=O) groups is 1. The van der Waals surface area contributed by atoms with Gasteiger partial charge in [-0.15, -0.1) is 5.10 Å². The van der Waals surface area contributed by atoms with Crippen molar-refractivity contribution in [2.45, 2.75) is 6.92 Å². The number of anilines is 1. The Morgan fingerprint density at radius 2 is 1.68 bits per heavy atom. The smallest absolute Gasteiger partial charge is 0.336 e. The van der Waals surface area contributed by atoms with Gasteiger partial charge in [0, 0.05) is 11.3 Å². The van der Waals surface area contributed by atoms with Crippen molar-refractivity contribution in [1.82, 2.24) is 14.8 Å². The number of carbonyl (C=O) groups excluding carboxylic acids is 1. The fourth-order valence-electron chi connectivity index (χ4n) is 3.70. The van der Waals surface area contributed by atoms with Crippen LogP contribution in [-0.2, 0) is 0 Å². The Hall–Kier alpha value is -4.52. The van der Waals surface area contributed by atoms with Crippen molar-refractivity contribution >= 4 is 22.4 Å². The maximum Gasteiger partial charge on any atom is 0.336 e. The van der Waals surface area contributed by atoms with Crippen molar-refractivity contribution in [3.8, 4) is 23.1 Å². The normalized spacial score (nSPS) is 10.9. The Bertz CT molecular complexity index is 1480. The number of fused-ring (bicyclic) bond motifs is 1. The largest absolute Gasteiger partial charge is 0.463 e. The van der Waals surface area contributed by atoms with Crippen LogP contribution in [-0.4, -0.2) is 27.3 Å². The van der Waals surface area contributed by atoms with Crippen LogP contribution in [0.3, 0.4) is 0 Å². The van der Waals surface area contributed by atoms with E-state index in [-0.39, 0.29) is 11.9 Å². The molecular weight excluding hydrogens is 431 g/mol. The summed E-state index contributed by atoms with van der Waals surface area (Å²) in [7, 11) is 0. The maximum absolute atomic E-state index is 14.5. The fourth-order valence-corrected chi connectivity index (χ4v) is 3.70. The summed E-state index contributed by atoms with van der Waals surface area (Å²) in [5.74, 6) is -0.280. The van der Waals surface area contributed by atoms with Gasteiger partial charge in [-0.3, -0.25) is 4.79 Å². The summed E-state index contributed by atoms with van der Waals surface area (Å²) in [6, 6.07) is 27.1. The number of hydrogen-bond donors (Lipinski definition) is 1. The molecule has 0 aliphatic heterocycles. The lowest BCUT2D eigenvalue weighted by Gasteiger charge is -2.09. The second kappa shape index (κ2) is 9.15. The average Bonchev–Trinajstić information content (AvgIpc) is 3.28. The minimum absolute atomic E-state index is 0.162. The lowest BCUT2D eigenvalue weighted by molar-refractivity contribution is 0.102. The minimum Gasteiger partial charge on any atom is -0.463 e. The summed E-state index contributed by atoms with van der Waals surface area (Å²) in [6.07, 6.45) is 0. The molecule has 0 bridgehead atoms. The molecule has 0 saturated carbocycles. The standard InChI is InChI=1S/C27H21FN4O2/c1-2-34-27-30-25(23-9-5-6-10-24(23)28)32(31-27)22-15-13-21(14-16-22)29-26(33)20-12-11-18-7-3-4-8-19(18)17-20/h3-17H,2H2,1H3,(H,29,33). The highest BCUT2D eigenvalue weighted by atomic mass is 19.1. The van der Waals surface area contributed by atoms with Gasteiger partial charge in [-0.25, -0.2) is 9.07 Å². The van der Waals surface area contributed by atoms with Crippen molar-refractivity contribution in [2.75, 3.05) is 11.9 Å². The molecule has 34 heavy (non-hydrogen) atoms. The molecule has 0 atom stereocenters. The van der Waals surface area contributed by atoms with Crippen LogP contribution in [0.4, 0.5) is 10.1 Å². The molecule has 0 unspecified atom stereocenters. The third kappa shape index (κ3) is 4.23. The van der Waals surface area contributed by atoms with E-state index < -0.39 is 5.82 Å². The summed E-state index contributed by atoms with van der Waals surface area (Å²) in [5.41, 5.74) is 2.16. The van der Waals surface area contributed by atoms with E-state index in [9.17, 15) is 9.18 Å². The van der Waals surface area contributed by atoms with Gasteiger partial charge < -0.3 is 10.1 Å². The Balaban J connectivity index is 1.41. The summed E-state index contributed by atoms with van der Waals surface area (Å²) in [4.78, 5) is 17.1. The van der Waals surface area contributed by atoms with Gasteiger partial charge in [-0.2, -0.15) is 4.98 Å². The summed E-state index contributed by atoms with van der Waals surface area (Å²) in [5, 5.41) is 9.38. The van der Waals surface area contributed by atoms with E-state index >= 15 is 0 Å². The quantitative estimate of drug-likeness (QED) is 0.349. The fraction of sp³-hybridized carbons (Fsp3) is 0.0741. The van der Waals surface area contributed by atoms with Gasteiger partial charge in [0.25, 0.3) is 5.91 Å². The van der Waals surface area contributed by atoms with Gasteiger partial charge in [0.1, 0.15) is 5.82 Å².